The zero-order valence-corrected chi connectivity index (χ0v) is 15.1. The average molecular weight is 354 g/mol. The van der Waals surface area contributed by atoms with Crippen molar-refractivity contribution < 1.29 is 9.50 Å². The Morgan fingerprint density at radius 1 is 1.00 bits per heavy atom. The summed E-state index contributed by atoms with van der Waals surface area (Å²) in [4.78, 5) is 2.66. The summed E-state index contributed by atoms with van der Waals surface area (Å²) in [5.74, 6) is 0.751. The van der Waals surface area contributed by atoms with E-state index in [-0.39, 0.29) is 5.82 Å². The number of rotatable bonds is 6. The lowest BCUT2D eigenvalue weighted by Crippen LogP contribution is -2.45. The van der Waals surface area contributed by atoms with Crippen molar-refractivity contribution in [3.63, 3.8) is 0 Å². The van der Waals surface area contributed by atoms with Crippen molar-refractivity contribution in [2.24, 2.45) is 0 Å². The number of phenolic OH excluding ortho intramolecular Hbond substituents is 1. The quantitative estimate of drug-likeness (QED) is 0.769. The highest BCUT2D eigenvalue weighted by Gasteiger charge is 2.41. The number of fused-ring (bicyclic) bond motifs is 2. The molecular weight excluding hydrogens is 327 g/mol. The molecule has 2 aliphatic heterocycles. The first-order valence-electron chi connectivity index (χ1n) is 9.69. The van der Waals surface area contributed by atoms with E-state index in [1.807, 2.05) is 30.3 Å². The molecule has 0 amide bonds. The smallest absolute Gasteiger partial charge is 0.123 e. The van der Waals surface area contributed by atoms with Crippen LogP contribution in [0.3, 0.4) is 0 Å². The van der Waals surface area contributed by atoms with Crippen molar-refractivity contribution in [1.29, 1.82) is 0 Å². The molecule has 26 heavy (non-hydrogen) atoms. The van der Waals surface area contributed by atoms with E-state index < -0.39 is 0 Å². The molecule has 2 aliphatic rings. The van der Waals surface area contributed by atoms with Gasteiger partial charge in [0, 0.05) is 31.7 Å². The van der Waals surface area contributed by atoms with Crippen molar-refractivity contribution in [2.45, 2.75) is 50.2 Å². The SMILES string of the molecule is Oc1ccccc1C1CC2CCC(C1)N2CCNCc1ccc(F)cc1. The maximum atomic E-state index is 12.9. The Hall–Kier alpha value is -1.91. The van der Waals surface area contributed by atoms with Crippen LogP contribution in [0.2, 0.25) is 0 Å². The maximum Gasteiger partial charge on any atom is 0.123 e. The third-order valence-corrected chi connectivity index (χ3v) is 6.05. The fourth-order valence-corrected chi connectivity index (χ4v) is 4.77. The van der Waals surface area contributed by atoms with Crippen molar-refractivity contribution >= 4 is 0 Å². The maximum absolute atomic E-state index is 12.9. The summed E-state index contributed by atoms with van der Waals surface area (Å²) in [6.45, 7) is 2.79. The second kappa shape index (κ2) is 7.77. The largest absolute Gasteiger partial charge is 0.508 e. The van der Waals surface area contributed by atoms with Crippen LogP contribution in [0, 0.1) is 5.82 Å². The number of aromatic hydroxyl groups is 1. The highest BCUT2D eigenvalue weighted by Crippen LogP contribution is 2.44. The second-order valence-electron chi connectivity index (χ2n) is 7.65. The van der Waals surface area contributed by atoms with Gasteiger partial charge in [-0.05, 0) is 60.9 Å². The number of benzene rings is 2. The molecule has 2 heterocycles. The molecule has 2 fully saturated rings. The van der Waals surface area contributed by atoms with Gasteiger partial charge < -0.3 is 10.4 Å². The van der Waals surface area contributed by atoms with Crippen molar-refractivity contribution in [3.8, 4) is 5.75 Å². The van der Waals surface area contributed by atoms with Crippen LogP contribution in [-0.4, -0.2) is 35.2 Å². The first-order valence-corrected chi connectivity index (χ1v) is 9.69. The summed E-state index contributed by atoms with van der Waals surface area (Å²) in [6, 6.07) is 15.8. The lowest BCUT2D eigenvalue weighted by molar-refractivity contribution is 0.127. The molecule has 0 radical (unpaired) electrons. The Kier molecular flexibility index (Phi) is 5.23. The summed E-state index contributed by atoms with van der Waals surface area (Å²) < 4.78 is 12.9. The van der Waals surface area contributed by atoms with E-state index in [1.54, 1.807) is 0 Å². The number of halogens is 1. The number of para-hydroxylation sites is 1. The molecule has 138 valence electrons. The molecule has 2 aromatic carbocycles. The van der Waals surface area contributed by atoms with Crippen LogP contribution in [0.4, 0.5) is 4.39 Å². The van der Waals surface area contributed by atoms with Crippen LogP contribution >= 0.6 is 0 Å². The molecule has 0 saturated carbocycles. The van der Waals surface area contributed by atoms with Gasteiger partial charge in [-0.15, -0.1) is 0 Å². The van der Waals surface area contributed by atoms with E-state index in [0.717, 1.165) is 43.6 Å². The number of piperidine rings is 1. The molecular formula is C22H27FN2O. The van der Waals surface area contributed by atoms with Crippen molar-refractivity contribution in [3.05, 3.63) is 65.5 Å². The summed E-state index contributed by atoms with van der Waals surface area (Å²) >= 11 is 0. The molecule has 2 bridgehead atoms. The first kappa shape index (κ1) is 17.5. The van der Waals surface area contributed by atoms with Crippen molar-refractivity contribution in [1.82, 2.24) is 10.2 Å². The minimum atomic E-state index is -0.183. The van der Waals surface area contributed by atoms with E-state index in [9.17, 15) is 9.50 Å². The van der Waals surface area contributed by atoms with Gasteiger partial charge in [-0.25, -0.2) is 4.39 Å². The number of hydrogen-bond acceptors (Lipinski definition) is 3. The topological polar surface area (TPSA) is 35.5 Å². The molecule has 4 rings (SSSR count). The summed E-state index contributed by atoms with van der Waals surface area (Å²) in [7, 11) is 0. The Bertz CT molecular complexity index is 719. The monoisotopic (exact) mass is 354 g/mol. The van der Waals surface area contributed by atoms with E-state index in [4.69, 9.17) is 0 Å². The molecule has 0 spiro atoms. The summed E-state index contributed by atoms with van der Waals surface area (Å²) in [5.41, 5.74) is 2.24. The van der Waals surface area contributed by atoms with Gasteiger partial charge in [0.15, 0.2) is 0 Å². The fraction of sp³-hybridized carbons (Fsp3) is 0.455. The number of nitrogens with one attached hydrogen (secondary N) is 1. The number of hydrogen-bond donors (Lipinski definition) is 2. The third-order valence-electron chi connectivity index (χ3n) is 6.05. The normalized spacial score (nSPS) is 25.5. The van der Waals surface area contributed by atoms with Gasteiger partial charge in [-0.2, -0.15) is 0 Å². The first-order chi connectivity index (χ1) is 12.7. The van der Waals surface area contributed by atoms with Gasteiger partial charge in [0.1, 0.15) is 11.6 Å². The molecule has 2 saturated heterocycles. The fourth-order valence-electron chi connectivity index (χ4n) is 4.77. The molecule has 2 N–H and O–H groups in total. The van der Waals surface area contributed by atoms with Crippen LogP contribution < -0.4 is 5.32 Å². The molecule has 0 aliphatic carbocycles. The minimum Gasteiger partial charge on any atom is -0.508 e. The van der Waals surface area contributed by atoms with Crippen LogP contribution in [0.25, 0.3) is 0 Å². The predicted molar refractivity (Wildman–Crippen MR) is 102 cm³/mol. The lowest BCUT2D eigenvalue weighted by Gasteiger charge is -2.39. The van der Waals surface area contributed by atoms with Gasteiger partial charge in [0.2, 0.25) is 0 Å². The van der Waals surface area contributed by atoms with Gasteiger partial charge in [-0.3, -0.25) is 4.90 Å². The van der Waals surface area contributed by atoms with Gasteiger partial charge in [0.25, 0.3) is 0 Å². The Balaban J connectivity index is 1.28. The second-order valence-corrected chi connectivity index (χ2v) is 7.65. The van der Waals surface area contributed by atoms with E-state index in [0.29, 0.717) is 23.8 Å². The Labute approximate surface area is 154 Å². The highest BCUT2D eigenvalue weighted by molar-refractivity contribution is 5.35. The van der Waals surface area contributed by atoms with E-state index >= 15 is 0 Å². The molecule has 2 atom stereocenters. The van der Waals surface area contributed by atoms with Crippen LogP contribution in [0.15, 0.2) is 48.5 Å². The third kappa shape index (κ3) is 3.76. The van der Waals surface area contributed by atoms with Crippen molar-refractivity contribution in [2.75, 3.05) is 13.1 Å². The number of nitrogens with zero attached hydrogens (tertiary/aromatic N) is 1. The van der Waals surface area contributed by atoms with Crippen LogP contribution in [0.5, 0.6) is 5.75 Å². The predicted octanol–water partition coefficient (Wildman–Crippen LogP) is 4.03. The van der Waals surface area contributed by atoms with Crippen LogP contribution in [-0.2, 0) is 6.54 Å². The highest BCUT2D eigenvalue weighted by atomic mass is 19.1. The zero-order chi connectivity index (χ0) is 17.9. The van der Waals surface area contributed by atoms with E-state index in [2.05, 4.69) is 16.3 Å². The standard InChI is InChI=1S/C22H27FN2O/c23-18-7-5-16(6-8-18)15-24-11-12-25-19-9-10-20(25)14-17(13-19)21-3-1-2-4-22(21)26/h1-8,17,19-20,24,26H,9-15H2. The Morgan fingerprint density at radius 3 is 2.38 bits per heavy atom. The van der Waals surface area contributed by atoms with Gasteiger partial charge in [-0.1, -0.05) is 30.3 Å². The molecule has 3 nitrogen and oxygen atoms in total. The lowest BCUT2D eigenvalue weighted by atomic mass is 9.84. The molecule has 0 aromatic heterocycles. The summed E-state index contributed by atoms with van der Waals surface area (Å²) in [5, 5.41) is 13.7. The zero-order valence-electron chi connectivity index (χ0n) is 15.1. The van der Waals surface area contributed by atoms with Crippen LogP contribution in [0.1, 0.15) is 42.7 Å². The van der Waals surface area contributed by atoms with E-state index in [1.165, 1.54) is 25.0 Å². The minimum absolute atomic E-state index is 0.183. The molecule has 4 heteroatoms. The Morgan fingerprint density at radius 2 is 1.69 bits per heavy atom. The molecule has 2 unspecified atom stereocenters. The van der Waals surface area contributed by atoms with Gasteiger partial charge in [0.05, 0.1) is 0 Å². The van der Waals surface area contributed by atoms with Gasteiger partial charge >= 0.3 is 0 Å². The molecule has 2 aromatic rings. The summed E-state index contributed by atoms with van der Waals surface area (Å²) in [6.07, 6.45) is 4.83. The average Bonchev–Trinajstić information content (AvgIpc) is 2.88. The number of phenols is 1.